The first-order chi connectivity index (χ1) is 7.20. The fourth-order valence-electron chi connectivity index (χ4n) is 1.31. The van der Waals surface area contributed by atoms with Gasteiger partial charge in [-0.3, -0.25) is 0 Å². The number of carbonyl (C=O) groups excluding carboxylic acids is 1. The molecule has 4 nitrogen and oxygen atoms in total. The molecule has 0 spiro atoms. The van der Waals surface area contributed by atoms with Crippen molar-refractivity contribution >= 4 is 5.97 Å². The minimum absolute atomic E-state index is 0.0544. The summed E-state index contributed by atoms with van der Waals surface area (Å²) in [6.07, 6.45) is 4.90. The zero-order chi connectivity index (χ0) is 10.8. The second kappa shape index (κ2) is 3.54. The second-order valence-corrected chi connectivity index (χ2v) is 3.02. The molecule has 76 valence electrons. The highest BCUT2D eigenvalue weighted by Crippen LogP contribution is 2.35. The number of aromatic carboxylic acids is 1. The van der Waals surface area contributed by atoms with Gasteiger partial charge in [0.2, 0.25) is 0 Å². The first kappa shape index (κ1) is 9.41. The van der Waals surface area contributed by atoms with E-state index in [2.05, 4.69) is 5.92 Å². The second-order valence-electron chi connectivity index (χ2n) is 3.02. The van der Waals surface area contributed by atoms with Crippen LogP contribution in [0.15, 0.2) is 18.2 Å². The average Bonchev–Trinajstić information content (AvgIpc) is 2.59. The standard InChI is InChI=1S/C11H8O4/c1-2-3-10-14-8-5-4-7(11(12)13)6-9(8)15-10/h1,4-6,10H,3H2,(H,12,13)/p-1. The van der Waals surface area contributed by atoms with E-state index in [1.165, 1.54) is 18.2 Å². The first-order valence-corrected chi connectivity index (χ1v) is 4.33. The Balaban J connectivity index is 2.24. The van der Waals surface area contributed by atoms with Crippen molar-refractivity contribution < 1.29 is 19.4 Å². The molecule has 1 aromatic rings. The number of carboxylic acids is 1. The van der Waals surface area contributed by atoms with Gasteiger partial charge < -0.3 is 19.4 Å². The van der Waals surface area contributed by atoms with Crippen LogP contribution < -0.4 is 14.6 Å². The van der Waals surface area contributed by atoms with Gasteiger partial charge in [-0.25, -0.2) is 0 Å². The Morgan fingerprint density at radius 3 is 2.87 bits per heavy atom. The monoisotopic (exact) mass is 203 g/mol. The Kier molecular flexibility index (Phi) is 2.22. The summed E-state index contributed by atoms with van der Waals surface area (Å²) in [5.74, 6) is 2.04. The van der Waals surface area contributed by atoms with E-state index in [0.717, 1.165) is 0 Å². The maximum atomic E-state index is 10.6. The van der Waals surface area contributed by atoms with Crippen LogP contribution in [0.3, 0.4) is 0 Å². The van der Waals surface area contributed by atoms with Crippen molar-refractivity contribution in [1.29, 1.82) is 0 Å². The molecule has 1 aliphatic rings. The van der Waals surface area contributed by atoms with Crippen LogP contribution in [-0.4, -0.2) is 12.3 Å². The predicted molar refractivity (Wildman–Crippen MR) is 49.3 cm³/mol. The molecule has 0 saturated carbocycles. The van der Waals surface area contributed by atoms with Crippen molar-refractivity contribution in [1.82, 2.24) is 0 Å². The SMILES string of the molecule is C#CCC1Oc2ccc(C(=O)[O-])cc2O1. The molecular formula is C11H7O4-. The van der Waals surface area contributed by atoms with Crippen molar-refractivity contribution in [3.05, 3.63) is 23.8 Å². The number of hydrogen-bond donors (Lipinski definition) is 0. The summed E-state index contributed by atoms with van der Waals surface area (Å²) in [6.45, 7) is 0. The van der Waals surface area contributed by atoms with Gasteiger partial charge in [-0.05, 0) is 18.2 Å². The van der Waals surface area contributed by atoms with E-state index in [-0.39, 0.29) is 5.56 Å². The summed E-state index contributed by atoms with van der Waals surface area (Å²) < 4.78 is 10.6. The highest BCUT2D eigenvalue weighted by Gasteiger charge is 2.23. The molecule has 0 bridgehead atoms. The van der Waals surface area contributed by atoms with Crippen molar-refractivity contribution in [3.8, 4) is 23.8 Å². The average molecular weight is 203 g/mol. The Labute approximate surface area is 86.4 Å². The molecule has 0 aromatic heterocycles. The van der Waals surface area contributed by atoms with E-state index in [0.29, 0.717) is 17.9 Å². The number of benzene rings is 1. The molecule has 1 aromatic carbocycles. The quantitative estimate of drug-likeness (QED) is 0.643. The minimum atomic E-state index is -1.25. The van der Waals surface area contributed by atoms with Gasteiger partial charge >= 0.3 is 0 Å². The number of rotatable bonds is 2. The molecule has 1 heterocycles. The van der Waals surface area contributed by atoms with Crippen LogP contribution >= 0.6 is 0 Å². The molecule has 0 N–H and O–H groups in total. The molecule has 0 amide bonds. The van der Waals surface area contributed by atoms with Gasteiger partial charge in [0, 0.05) is 5.56 Å². The van der Waals surface area contributed by atoms with E-state index >= 15 is 0 Å². The lowest BCUT2D eigenvalue weighted by Crippen LogP contribution is -2.22. The molecule has 0 saturated heterocycles. The number of hydrogen-bond acceptors (Lipinski definition) is 4. The molecule has 15 heavy (non-hydrogen) atoms. The van der Waals surface area contributed by atoms with Gasteiger partial charge in [0.15, 0.2) is 11.5 Å². The summed E-state index contributed by atoms with van der Waals surface area (Å²) in [4.78, 5) is 10.6. The van der Waals surface area contributed by atoms with Gasteiger partial charge in [-0.2, -0.15) is 0 Å². The lowest BCUT2D eigenvalue weighted by atomic mass is 10.2. The third kappa shape index (κ3) is 1.72. The number of ether oxygens (including phenoxy) is 2. The van der Waals surface area contributed by atoms with Crippen molar-refractivity contribution in [3.63, 3.8) is 0 Å². The van der Waals surface area contributed by atoms with Gasteiger partial charge in [0.25, 0.3) is 6.29 Å². The van der Waals surface area contributed by atoms with Crippen LogP contribution in [0.4, 0.5) is 0 Å². The van der Waals surface area contributed by atoms with Crippen LogP contribution in [0.5, 0.6) is 11.5 Å². The van der Waals surface area contributed by atoms with Gasteiger partial charge in [0.05, 0.1) is 12.4 Å². The van der Waals surface area contributed by atoms with Gasteiger partial charge in [0.1, 0.15) is 0 Å². The van der Waals surface area contributed by atoms with Crippen LogP contribution in [0, 0.1) is 12.3 Å². The van der Waals surface area contributed by atoms with Crippen LogP contribution in [0.25, 0.3) is 0 Å². The third-order valence-corrected chi connectivity index (χ3v) is 1.98. The highest BCUT2D eigenvalue weighted by molar-refractivity contribution is 5.86. The van der Waals surface area contributed by atoms with E-state index in [1.54, 1.807) is 0 Å². The number of fused-ring (bicyclic) bond motifs is 1. The molecule has 0 fully saturated rings. The maximum absolute atomic E-state index is 10.6. The van der Waals surface area contributed by atoms with Crippen LogP contribution in [-0.2, 0) is 0 Å². The highest BCUT2D eigenvalue weighted by atomic mass is 16.7. The summed E-state index contributed by atoms with van der Waals surface area (Å²) >= 11 is 0. The number of carboxylic acid groups (broad SMARTS) is 1. The maximum Gasteiger partial charge on any atom is 0.252 e. The van der Waals surface area contributed by atoms with Crippen LogP contribution in [0.2, 0.25) is 0 Å². The van der Waals surface area contributed by atoms with Gasteiger partial charge in [-0.15, -0.1) is 6.42 Å². The molecule has 1 unspecified atom stereocenters. The van der Waals surface area contributed by atoms with Crippen molar-refractivity contribution in [2.45, 2.75) is 12.7 Å². The Hall–Kier alpha value is -2.15. The fraction of sp³-hybridized carbons (Fsp3) is 0.182. The van der Waals surface area contributed by atoms with E-state index in [4.69, 9.17) is 15.9 Å². The molecule has 1 atom stereocenters. The predicted octanol–water partition coefficient (Wildman–Crippen LogP) is 0.171. The zero-order valence-corrected chi connectivity index (χ0v) is 7.73. The lowest BCUT2D eigenvalue weighted by Gasteiger charge is -2.04. The smallest absolute Gasteiger partial charge is 0.252 e. The lowest BCUT2D eigenvalue weighted by molar-refractivity contribution is -0.255. The molecule has 0 radical (unpaired) electrons. The minimum Gasteiger partial charge on any atom is -0.545 e. The Bertz CT molecular complexity index is 444. The van der Waals surface area contributed by atoms with Crippen LogP contribution in [0.1, 0.15) is 16.8 Å². The number of carbonyl (C=O) groups is 1. The van der Waals surface area contributed by atoms with Crippen molar-refractivity contribution in [2.24, 2.45) is 0 Å². The summed E-state index contributed by atoms with van der Waals surface area (Å²) in [6, 6.07) is 4.29. The zero-order valence-electron chi connectivity index (χ0n) is 7.73. The topological polar surface area (TPSA) is 58.6 Å². The summed E-state index contributed by atoms with van der Waals surface area (Å²) in [5, 5.41) is 10.6. The van der Waals surface area contributed by atoms with Gasteiger partial charge in [-0.1, -0.05) is 5.92 Å². The summed E-state index contributed by atoms with van der Waals surface area (Å²) in [7, 11) is 0. The molecule has 4 heteroatoms. The molecule has 0 aliphatic carbocycles. The number of terminal acetylenes is 1. The summed E-state index contributed by atoms with van der Waals surface area (Å²) in [5.41, 5.74) is 0.0544. The third-order valence-electron chi connectivity index (χ3n) is 1.98. The Morgan fingerprint density at radius 2 is 2.20 bits per heavy atom. The molecular weight excluding hydrogens is 196 g/mol. The van der Waals surface area contributed by atoms with E-state index in [1.807, 2.05) is 0 Å². The van der Waals surface area contributed by atoms with Crippen molar-refractivity contribution in [2.75, 3.05) is 0 Å². The fourth-order valence-corrected chi connectivity index (χ4v) is 1.31. The first-order valence-electron chi connectivity index (χ1n) is 4.33. The molecule has 1 aliphatic heterocycles. The normalized spacial score (nSPS) is 17.1. The van der Waals surface area contributed by atoms with E-state index in [9.17, 15) is 9.90 Å². The van der Waals surface area contributed by atoms with E-state index < -0.39 is 12.3 Å². The Morgan fingerprint density at radius 1 is 1.47 bits per heavy atom. The molecule has 2 rings (SSSR count). The largest absolute Gasteiger partial charge is 0.545 e.